The van der Waals surface area contributed by atoms with Crippen LogP contribution in [0.5, 0.6) is 0 Å². The summed E-state index contributed by atoms with van der Waals surface area (Å²) in [5.41, 5.74) is 11.3. The molecule has 36 heavy (non-hydrogen) atoms. The van der Waals surface area contributed by atoms with E-state index in [0.717, 1.165) is 12.6 Å². The van der Waals surface area contributed by atoms with Crippen LogP contribution in [0, 0.1) is 11.3 Å². The first-order valence-electron chi connectivity index (χ1n) is 11.1. The Morgan fingerprint density at radius 2 is 1.86 bits per heavy atom. The van der Waals surface area contributed by atoms with E-state index in [9.17, 15) is 27.6 Å². The molecule has 4 rings (SSSR count). The zero-order chi connectivity index (χ0) is 27.3. The highest BCUT2D eigenvalue weighted by Gasteiger charge is 2.30. The largest absolute Gasteiger partial charge is 0.382 e. The highest BCUT2D eigenvalue weighted by Crippen LogP contribution is 2.30. The summed E-state index contributed by atoms with van der Waals surface area (Å²) in [7, 11) is 1.50. The number of nitrogens with two attached hydrogens (primary N) is 2. The molecule has 194 valence electrons. The van der Waals surface area contributed by atoms with Crippen molar-refractivity contribution in [3.63, 3.8) is 0 Å². The lowest BCUT2D eigenvalue weighted by Crippen LogP contribution is -2.38. The number of halogens is 4. The number of nitrogens with one attached hydrogen (secondary N) is 1. The Kier molecular flexibility index (Phi) is 12.3. The lowest BCUT2D eigenvalue weighted by Gasteiger charge is -2.21. The predicted octanol–water partition coefficient (Wildman–Crippen LogP) is 4.50. The maximum absolute atomic E-state index is 12.8. The first-order valence-corrected chi connectivity index (χ1v) is 11.1. The fourth-order valence-electron chi connectivity index (χ4n) is 3.16. The summed E-state index contributed by atoms with van der Waals surface area (Å²) >= 11 is 0. The van der Waals surface area contributed by atoms with Gasteiger partial charge in [-0.15, -0.1) is 0 Å². The van der Waals surface area contributed by atoms with E-state index < -0.39 is 12.3 Å². The molecule has 12 heteroatoms. The quantitative estimate of drug-likeness (QED) is 0.347. The minimum Gasteiger partial charge on any atom is -0.382 e. The van der Waals surface area contributed by atoms with Crippen LogP contribution in [0.3, 0.4) is 0 Å². The second kappa shape index (κ2) is 14.7. The number of nitrogens with zero attached hydrogens (tertiary/aromatic N) is 4. The molecule has 0 spiro atoms. The van der Waals surface area contributed by atoms with Crippen LogP contribution < -0.4 is 16.8 Å². The molecule has 1 aromatic carbocycles. The normalized spacial score (nSPS) is 13.7. The summed E-state index contributed by atoms with van der Waals surface area (Å²) in [6, 6.07) is 6.96. The molecule has 5 N–H and O–H groups in total. The summed E-state index contributed by atoms with van der Waals surface area (Å²) in [5.74, 6) is -2.36. The van der Waals surface area contributed by atoms with Crippen LogP contribution in [0.1, 0.15) is 54.6 Å². The molecule has 1 aliphatic heterocycles. The van der Waals surface area contributed by atoms with Crippen molar-refractivity contribution in [2.75, 3.05) is 25.9 Å². The molecule has 3 aromatic rings. The van der Waals surface area contributed by atoms with Gasteiger partial charge in [-0.3, -0.25) is 4.79 Å². The number of rotatable bonds is 3. The van der Waals surface area contributed by atoms with Crippen LogP contribution in [0.25, 0.3) is 22.3 Å². The third kappa shape index (κ3) is 7.93. The van der Waals surface area contributed by atoms with E-state index in [0.29, 0.717) is 18.3 Å². The van der Waals surface area contributed by atoms with Gasteiger partial charge >= 0.3 is 0 Å². The van der Waals surface area contributed by atoms with E-state index >= 15 is 0 Å². The first kappa shape index (κ1) is 30.3. The second-order valence-electron chi connectivity index (χ2n) is 7.02. The number of carbonyl (C=O) groups excluding carboxylic acids is 1. The Balaban J connectivity index is 0.000000452. The average molecular weight is 508 g/mol. The SMILES string of the molecule is CC.CN.FC1(F)CCCNC1.N#Cc1cc(C(F)F)ccc1-c1cc(C=O)c2ncnc(N)c2n1. The molecule has 0 aliphatic carbocycles. The number of aromatic nitrogens is 3. The maximum Gasteiger partial charge on any atom is 0.263 e. The molecule has 0 bridgehead atoms. The summed E-state index contributed by atoms with van der Waals surface area (Å²) < 4.78 is 49.9. The van der Waals surface area contributed by atoms with Gasteiger partial charge in [-0.25, -0.2) is 32.5 Å². The van der Waals surface area contributed by atoms with Crippen molar-refractivity contribution < 1.29 is 22.4 Å². The van der Waals surface area contributed by atoms with Crippen LogP contribution in [0.2, 0.25) is 0 Å². The van der Waals surface area contributed by atoms with Gasteiger partial charge in [0, 0.05) is 23.1 Å². The Morgan fingerprint density at radius 3 is 2.36 bits per heavy atom. The molecule has 1 aliphatic rings. The van der Waals surface area contributed by atoms with E-state index in [1.807, 2.05) is 19.9 Å². The standard InChI is InChI=1S/C16H9F2N5O.C5H9F2N.C2H6.CH5N/c17-15(18)8-1-2-11(9(3-8)5-19)12-4-10(6-24)13-14(23-12)16(20)22-7-21-13;6-5(7)2-1-3-8-4-5;2*1-2/h1-4,6-7,15H,(H2,20,21,22);8H,1-4H2;1-2H3;2H2,1H3. The van der Waals surface area contributed by atoms with Crippen LogP contribution >= 0.6 is 0 Å². The third-order valence-electron chi connectivity index (χ3n) is 4.75. The average Bonchev–Trinajstić information content (AvgIpc) is 2.90. The van der Waals surface area contributed by atoms with E-state index in [2.05, 4.69) is 26.0 Å². The van der Waals surface area contributed by atoms with E-state index in [1.165, 1.54) is 31.6 Å². The molecule has 0 saturated carbocycles. The highest BCUT2D eigenvalue weighted by atomic mass is 19.3. The van der Waals surface area contributed by atoms with E-state index in [-0.39, 0.29) is 52.2 Å². The molecule has 0 unspecified atom stereocenters. The summed E-state index contributed by atoms with van der Waals surface area (Å²) in [6.07, 6.45) is -0.234. The summed E-state index contributed by atoms with van der Waals surface area (Å²) in [5, 5.41) is 11.9. The zero-order valence-corrected chi connectivity index (χ0v) is 20.2. The number of alkyl halides is 4. The van der Waals surface area contributed by atoms with Gasteiger partial charge in [0.25, 0.3) is 12.3 Å². The fourth-order valence-corrected chi connectivity index (χ4v) is 3.16. The Hall–Kier alpha value is -3.69. The smallest absolute Gasteiger partial charge is 0.263 e. The van der Waals surface area contributed by atoms with Gasteiger partial charge in [0.1, 0.15) is 17.4 Å². The Labute approximate surface area is 206 Å². The molecule has 3 heterocycles. The number of hydrogen-bond acceptors (Lipinski definition) is 8. The highest BCUT2D eigenvalue weighted by molar-refractivity contribution is 5.99. The van der Waals surface area contributed by atoms with E-state index in [4.69, 9.17) is 5.73 Å². The van der Waals surface area contributed by atoms with Crippen molar-refractivity contribution in [3.05, 3.63) is 47.3 Å². The van der Waals surface area contributed by atoms with Crippen LogP contribution in [0.15, 0.2) is 30.6 Å². The molecule has 0 radical (unpaired) electrons. The van der Waals surface area contributed by atoms with Crippen LogP contribution in [-0.4, -0.2) is 47.3 Å². The van der Waals surface area contributed by atoms with E-state index in [1.54, 1.807) is 0 Å². The number of hydrogen-bond donors (Lipinski definition) is 3. The van der Waals surface area contributed by atoms with Crippen LogP contribution in [0.4, 0.5) is 23.4 Å². The number of piperidine rings is 1. The molecule has 8 nitrogen and oxygen atoms in total. The number of fused-ring (bicyclic) bond motifs is 1. The molecule has 1 fully saturated rings. The lowest BCUT2D eigenvalue weighted by atomic mass is 10.0. The number of anilines is 1. The van der Waals surface area contributed by atoms with Crippen molar-refractivity contribution in [1.29, 1.82) is 5.26 Å². The molecule has 2 aromatic heterocycles. The van der Waals surface area contributed by atoms with Gasteiger partial charge in [0.05, 0.1) is 23.9 Å². The second-order valence-corrected chi connectivity index (χ2v) is 7.02. The van der Waals surface area contributed by atoms with Crippen molar-refractivity contribution in [2.24, 2.45) is 5.73 Å². The number of nitriles is 1. The molecule has 1 saturated heterocycles. The molecule has 0 atom stereocenters. The summed E-state index contributed by atoms with van der Waals surface area (Å²) in [6.45, 7) is 4.61. The maximum atomic E-state index is 12.8. The predicted molar refractivity (Wildman–Crippen MR) is 131 cm³/mol. The molecular formula is C24H29F4N7O. The topological polar surface area (TPSA) is 144 Å². The summed E-state index contributed by atoms with van der Waals surface area (Å²) in [4.78, 5) is 23.4. The number of benzene rings is 1. The van der Waals surface area contributed by atoms with Crippen molar-refractivity contribution in [1.82, 2.24) is 20.3 Å². The molecular weight excluding hydrogens is 478 g/mol. The van der Waals surface area contributed by atoms with Gasteiger partial charge in [0.2, 0.25) is 0 Å². The first-order chi connectivity index (χ1) is 17.3. The molecule has 0 amide bonds. The number of aldehydes is 1. The fraction of sp³-hybridized carbons (Fsp3) is 0.375. The van der Waals surface area contributed by atoms with Crippen molar-refractivity contribution >= 4 is 23.1 Å². The van der Waals surface area contributed by atoms with Gasteiger partial charge in [-0.1, -0.05) is 26.0 Å². The minimum atomic E-state index is -2.69. The number of pyridine rings is 1. The van der Waals surface area contributed by atoms with Crippen molar-refractivity contribution in [3.8, 4) is 17.3 Å². The van der Waals surface area contributed by atoms with Gasteiger partial charge in [-0.05, 0) is 32.1 Å². The van der Waals surface area contributed by atoms with Gasteiger partial charge in [-0.2, -0.15) is 5.26 Å². The van der Waals surface area contributed by atoms with Gasteiger partial charge < -0.3 is 16.8 Å². The third-order valence-corrected chi connectivity index (χ3v) is 4.75. The zero-order valence-electron chi connectivity index (χ0n) is 20.2. The van der Waals surface area contributed by atoms with Crippen LogP contribution in [-0.2, 0) is 0 Å². The lowest BCUT2D eigenvalue weighted by molar-refractivity contribution is -0.0208. The Bertz CT molecular complexity index is 1180. The number of carbonyl (C=O) groups is 1. The van der Waals surface area contributed by atoms with Gasteiger partial charge in [0.15, 0.2) is 12.1 Å². The van der Waals surface area contributed by atoms with Crippen molar-refractivity contribution in [2.45, 2.75) is 39.0 Å². The minimum absolute atomic E-state index is 0.0203. The Morgan fingerprint density at radius 1 is 1.17 bits per heavy atom. The monoisotopic (exact) mass is 507 g/mol. The number of nitrogen functional groups attached to an aromatic ring is 1.